The van der Waals surface area contributed by atoms with Crippen molar-refractivity contribution >= 4 is 11.3 Å². The summed E-state index contributed by atoms with van der Waals surface area (Å²) in [6.45, 7) is 2.09. The summed E-state index contributed by atoms with van der Waals surface area (Å²) in [7, 11) is 0. The van der Waals surface area contributed by atoms with E-state index in [4.69, 9.17) is 0 Å². The van der Waals surface area contributed by atoms with Crippen LogP contribution in [0, 0.1) is 0 Å². The van der Waals surface area contributed by atoms with Crippen LogP contribution in [0.1, 0.15) is 31.9 Å². The molecule has 68 valence electrons. The van der Waals surface area contributed by atoms with Crippen molar-refractivity contribution in [2.24, 2.45) is 0 Å². The van der Waals surface area contributed by atoms with E-state index in [0.717, 1.165) is 31.4 Å². The van der Waals surface area contributed by atoms with Crippen molar-refractivity contribution in [2.45, 2.75) is 38.7 Å². The zero-order valence-electron chi connectivity index (χ0n) is 7.36. The van der Waals surface area contributed by atoms with Crippen LogP contribution in [0.25, 0.3) is 0 Å². The zero-order valence-corrected chi connectivity index (χ0v) is 8.18. The van der Waals surface area contributed by atoms with Crippen LogP contribution in [-0.2, 0) is 6.42 Å². The van der Waals surface area contributed by atoms with E-state index in [1.54, 1.807) is 11.3 Å². The van der Waals surface area contributed by atoms with E-state index in [2.05, 4.69) is 11.9 Å². The number of nitrogens with zero attached hydrogens (tertiary/aromatic N) is 1. The molecule has 0 saturated carbocycles. The quantitative estimate of drug-likeness (QED) is 0.763. The van der Waals surface area contributed by atoms with Gasteiger partial charge in [0.25, 0.3) is 0 Å². The van der Waals surface area contributed by atoms with Crippen LogP contribution in [0.5, 0.6) is 0 Å². The van der Waals surface area contributed by atoms with Gasteiger partial charge in [-0.2, -0.15) is 0 Å². The molecule has 12 heavy (non-hydrogen) atoms. The monoisotopic (exact) mass is 185 g/mol. The first-order valence-electron chi connectivity index (χ1n) is 4.38. The molecule has 1 unspecified atom stereocenters. The van der Waals surface area contributed by atoms with Crippen molar-refractivity contribution in [3.63, 3.8) is 0 Å². The number of aliphatic hydroxyl groups is 1. The van der Waals surface area contributed by atoms with Crippen LogP contribution in [0.3, 0.4) is 0 Å². The Bertz CT molecular complexity index is 198. The molecule has 0 aromatic carbocycles. The second-order valence-electron chi connectivity index (χ2n) is 2.96. The molecule has 0 saturated heterocycles. The highest BCUT2D eigenvalue weighted by Crippen LogP contribution is 2.08. The van der Waals surface area contributed by atoms with E-state index in [1.165, 1.54) is 0 Å². The fourth-order valence-electron chi connectivity index (χ4n) is 1.15. The summed E-state index contributed by atoms with van der Waals surface area (Å²) in [4.78, 5) is 4.16. The largest absolute Gasteiger partial charge is 0.393 e. The van der Waals surface area contributed by atoms with E-state index >= 15 is 0 Å². The molecule has 3 heteroatoms. The summed E-state index contributed by atoms with van der Waals surface area (Å²) < 4.78 is 0. The molecule has 1 atom stereocenters. The number of hydrogen-bond acceptors (Lipinski definition) is 3. The number of aliphatic hydroxyl groups excluding tert-OH is 1. The molecular weight excluding hydrogens is 170 g/mol. The van der Waals surface area contributed by atoms with Gasteiger partial charge in [0.15, 0.2) is 0 Å². The SMILES string of the molecule is CCCC(O)CCc1cscn1. The van der Waals surface area contributed by atoms with E-state index in [1.807, 2.05) is 10.9 Å². The smallest absolute Gasteiger partial charge is 0.0794 e. The Hall–Kier alpha value is -0.410. The third-order valence-corrected chi connectivity index (χ3v) is 2.47. The minimum Gasteiger partial charge on any atom is -0.393 e. The number of hydrogen-bond donors (Lipinski definition) is 1. The van der Waals surface area contributed by atoms with Gasteiger partial charge in [-0.15, -0.1) is 11.3 Å². The van der Waals surface area contributed by atoms with E-state index in [9.17, 15) is 5.11 Å². The van der Waals surface area contributed by atoms with Crippen molar-refractivity contribution < 1.29 is 5.11 Å². The van der Waals surface area contributed by atoms with Gasteiger partial charge in [0.2, 0.25) is 0 Å². The van der Waals surface area contributed by atoms with Gasteiger partial charge in [-0.05, 0) is 19.3 Å². The Morgan fingerprint density at radius 2 is 2.42 bits per heavy atom. The minimum absolute atomic E-state index is 0.142. The molecule has 0 radical (unpaired) electrons. The third kappa shape index (κ3) is 3.32. The molecule has 0 aliphatic rings. The molecule has 1 heterocycles. The summed E-state index contributed by atoms with van der Waals surface area (Å²) in [5.74, 6) is 0. The van der Waals surface area contributed by atoms with Gasteiger partial charge in [0.1, 0.15) is 0 Å². The van der Waals surface area contributed by atoms with Gasteiger partial charge in [-0.3, -0.25) is 0 Å². The summed E-state index contributed by atoms with van der Waals surface area (Å²) >= 11 is 1.61. The number of aryl methyl sites for hydroxylation is 1. The van der Waals surface area contributed by atoms with E-state index in [0.29, 0.717) is 0 Å². The van der Waals surface area contributed by atoms with Gasteiger partial charge >= 0.3 is 0 Å². The fourth-order valence-corrected chi connectivity index (χ4v) is 1.75. The van der Waals surface area contributed by atoms with Crippen LogP contribution in [0.15, 0.2) is 10.9 Å². The van der Waals surface area contributed by atoms with Gasteiger partial charge in [0, 0.05) is 5.38 Å². The molecule has 0 spiro atoms. The standard InChI is InChI=1S/C9H15NOS/c1-2-3-9(11)5-4-8-6-12-7-10-8/h6-7,9,11H,2-5H2,1H3. The average molecular weight is 185 g/mol. The Labute approximate surface area is 77.3 Å². The Balaban J connectivity index is 2.17. The summed E-state index contributed by atoms with van der Waals surface area (Å²) in [6.07, 6.45) is 3.57. The number of thiazole rings is 1. The van der Waals surface area contributed by atoms with Crippen LogP contribution in [0.4, 0.5) is 0 Å². The van der Waals surface area contributed by atoms with Crippen molar-refractivity contribution in [3.8, 4) is 0 Å². The Morgan fingerprint density at radius 1 is 1.58 bits per heavy atom. The highest BCUT2D eigenvalue weighted by molar-refractivity contribution is 7.07. The molecule has 2 nitrogen and oxygen atoms in total. The molecule has 1 aromatic rings. The molecule has 1 N–H and O–H groups in total. The molecule has 0 aliphatic heterocycles. The van der Waals surface area contributed by atoms with Crippen molar-refractivity contribution in [3.05, 3.63) is 16.6 Å². The van der Waals surface area contributed by atoms with E-state index in [-0.39, 0.29) is 6.10 Å². The van der Waals surface area contributed by atoms with E-state index < -0.39 is 0 Å². The maximum absolute atomic E-state index is 9.42. The van der Waals surface area contributed by atoms with Crippen molar-refractivity contribution in [1.82, 2.24) is 4.98 Å². The number of aromatic nitrogens is 1. The van der Waals surface area contributed by atoms with Crippen LogP contribution in [0.2, 0.25) is 0 Å². The molecule has 0 bridgehead atoms. The zero-order chi connectivity index (χ0) is 8.81. The maximum Gasteiger partial charge on any atom is 0.0794 e. The highest BCUT2D eigenvalue weighted by Gasteiger charge is 2.03. The second-order valence-corrected chi connectivity index (χ2v) is 3.68. The summed E-state index contributed by atoms with van der Waals surface area (Å²) in [5.41, 5.74) is 2.94. The first-order valence-corrected chi connectivity index (χ1v) is 5.32. The van der Waals surface area contributed by atoms with Gasteiger partial charge in [0.05, 0.1) is 17.3 Å². The Morgan fingerprint density at radius 3 is 3.00 bits per heavy atom. The lowest BCUT2D eigenvalue weighted by Gasteiger charge is -2.06. The predicted octanol–water partition coefficient (Wildman–Crippen LogP) is 2.24. The maximum atomic E-state index is 9.42. The van der Waals surface area contributed by atoms with Gasteiger partial charge < -0.3 is 5.11 Å². The highest BCUT2D eigenvalue weighted by atomic mass is 32.1. The summed E-state index contributed by atoms with van der Waals surface area (Å²) in [6, 6.07) is 0. The van der Waals surface area contributed by atoms with Crippen molar-refractivity contribution in [1.29, 1.82) is 0 Å². The Kier molecular flexibility index (Phi) is 4.25. The molecule has 0 fully saturated rings. The lowest BCUT2D eigenvalue weighted by atomic mass is 10.1. The normalized spacial score (nSPS) is 13.2. The van der Waals surface area contributed by atoms with Crippen LogP contribution in [-0.4, -0.2) is 16.2 Å². The summed E-state index contributed by atoms with van der Waals surface area (Å²) in [5, 5.41) is 11.5. The third-order valence-electron chi connectivity index (χ3n) is 1.84. The number of rotatable bonds is 5. The average Bonchev–Trinajstić information content (AvgIpc) is 2.53. The van der Waals surface area contributed by atoms with Crippen molar-refractivity contribution in [2.75, 3.05) is 0 Å². The topological polar surface area (TPSA) is 33.1 Å². The molecule has 0 aliphatic carbocycles. The molecule has 0 amide bonds. The predicted molar refractivity (Wildman–Crippen MR) is 51.3 cm³/mol. The molecule has 1 aromatic heterocycles. The van der Waals surface area contributed by atoms with Gasteiger partial charge in [-0.1, -0.05) is 13.3 Å². The first-order chi connectivity index (χ1) is 5.83. The molecular formula is C9H15NOS. The lowest BCUT2D eigenvalue weighted by Crippen LogP contribution is -2.07. The lowest BCUT2D eigenvalue weighted by molar-refractivity contribution is 0.153. The van der Waals surface area contributed by atoms with Crippen LogP contribution < -0.4 is 0 Å². The van der Waals surface area contributed by atoms with Gasteiger partial charge in [-0.25, -0.2) is 4.98 Å². The first kappa shape index (κ1) is 9.68. The minimum atomic E-state index is -0.142. The second kappa shape index (κ2) is 5.27. The molecule has 1 rings (SSSR count). The fraction of sp³-hybridized carbons (Fsp3) is 0.667. The van der Waals surface area contributed by atoms with Crippen LogP contribution >= 0.6 is 11.3 Å².